The van der Waals surface area contributed by atoms with E-state index in [0.29, 0.717) is 0 Å². The van der Waals surface area contributed by atoms with Gasteiger partial charge in [-0.15, -0.1) is 0 Å². The van der Waals surface area contributed by atoms with Crippen molar-refractivity contribution in [3.8, 4) is 0 Å². The standard InChI is InChI=1S/C6H17O9P3/c7-16(8,9)3-1-2-6(4-17(10,11)12)5-18(13,14)15/h6H,1-5H2,(H2,7,8,9)(H2,10,11,12)(H2,13,14,15). The lowest BCUT2D eigenvalue weighted by molar-refractivity contribution is 0.346. The van der Waals surface area contributed by atoms with Crippen molar-refractivity contribution in [2.75, 3.05) is 18.5 Å². The van der Waals surface area contributed by atoms with Crippen molar-refractivity contribution in [2.24, 2.45) is 5.92 Å². The third-order valence-corrected chi connectivity index (χ3v) is 4.94. The van der Waals surface area contributed by atoms with Crippen LogP contribution in [0.3, 0.4) is 0 Å². The summed E-state index contributed by atoms with van der Waals surface area (Å²) in [6, 6.07) is 0. The summed E-state index contributed by atoms with van der Waals surface area (Å²) >= 11 is 0. The monoisotopic (exact) mass is 326 g/mol. The summed E-state index contributed by atoms with van der Waals surface area (Å²) < 4.78 is 32.1. The largest absolute Gasteiger partial charge is 0.325 e. The second-order valence-corrected chi connectivity index (χ2v) is 9.26. The highest BCUT2D eigenvalue weighted by atomic mass is 31.2. The maximum atomic E-state index is 10.8. The van der Waals surface area contributed by atoms with Gasteiger partial charge in [0.1, 0.15) is 0 Å². The van der Waals surface area contributed by atoms with Crippen molar-refractivity contribution < 1.29 is 43.1 Å². The molecule has 0 aliphatic carbocycles. The molecule has 0 amide bonds. The van der Waals surface area contributed by atoms with Crippen molar-refractivity contribution in [3.63, 3.8) is 0 Å². The molecular formula is C6H17O9P3. The summed E-state index contributed by atoms with van der Waals surface area (Å²) in [6.07, 6.45) is -2.03. The fourth-order valence-corrected chi connectivity index (χ4v) is 4.27. The van der Waals surface area contributed by atoms with Crippen LogP contribution in [-0.2, 0) is 13.7 Å². The molecule has 0 aromatic carbocycles. The highest BCUT2D eigenvalue weighted by Gasteiger charge is 2.28. The number of hydrogen-bond acceptors (Lipinski definition) is 3. The predicted octanol–water partition coefficient (Wildman–Crippen LogP) is -0.0841. The first-order valence-electron chi connectivity index (χ1n) is 4.92. The Bertz CT molecular complexity index is 365. The normalized spacial score (nSPS) is 14.2. The van der Waals surface area contributed by atoms with Gasteiger partial charge in [-0.05, 0) is 18.8 Å². The van der Waals surface area contributed by atoms with Crippen LogP contribution in [0.15, 0.2) is 0 Å². The molecule has 0 unspecified atom stereocenters. The Kier molecular flexibility index (Phi) is 6.92. The molecule has 0 aliphatic rings. The molecule has 0 saturated heterocycles. The highest BCUT2D eigenvalue weighted by molar-refractivity contribution is 7.53. The number of rotatable bonds is 8. The Hall–Kier alpha value is 0.450. The zero-order chi connectivity index (χ0) is 14.6. The van der Waals surface area contributed by atoms with E-state index in [1.165, 1.54) is 0 Å². The van der Waals surface area contributed by atoms with E-state index in [1.54, 1.807) is 0 Å². The first kappa shape index (κ1) is 18.4. The first-order chi connectivity index (χ1) is 7.79. The summed E-state index contributed by atoms with van der Waals surface area (Å²) in [7, 11) is -13.1. The lowest BCUT2D eigenvalue weighted by Gasteiger charge is -2.18. The van der Waals surface area contributed by atoms with Crippen LogP contribution in [-0.4, -0.2) is 47.8 Å². The molecule has 0 rings (SSSR count). The smallest absolute Gasteiger partial charge is 0.324 e. The lowest BCUT2D eigenvalue weighted by atomic mass is 10.1. The minimum Gasteiger partial charge on any atom is -0.324 e. The topological polar surface area (TPSA) is 173 Å². The van der Waals surface area contributed by atoms with Gasteiger partial charge in [-0.25, -0.2) is 0 Å². The first-order valence-corrected chi connectivity index (χ1v) is 10.3. The van der Waals surface area contributed by atoms with Gasteiger partial charge in [-0.2, -0.15) is 0 Å². The Morgan fingerprint density at radius 3 is 1.39 bits per heavy atom. The summed E-state index contributed by atoms with van der Waals surface area (Å²) in [4.78, 5) is 52.2. The van der Waals surface area contributed by atoms with E-state index in [1.807, 2.05) is 0 Å². The Labute approximate surface area is 104 Å². The van der Waals surface area contributed by atoms with Crippen molar-refractivity contribution in [2.45, 2.75) is 12.8 Å². The van der Waals surface area contributed by atoms with Crippen LogP contribution >= 0.6 is 22.8 Å². The average molecular weight is 326 g/mol. The summed E-state index contributed by atoms with van der Waals surface area (Å²) in [5.41, 5.74) is 0. The van der Waals surface area contributed by atoms with E-state index in [2.05, 4.69) is 0 Å². The molecule has 0 aromatic rings. The average Bonchev–Trinajstić information content (AvgIpc) is 1.93. The Morgan fingerprint density at radius 1 is 0.722 bits per heavy atom. The third kappa shape index (κ3) is 12.9. The predicted molar refractivity (Wildman–Crippen MR) is 63.5 cm³/mol. The second kappa shape index (κ2) is 6.75. The molecule has 6 N–H and O–H groups in total. The quantitative estimate of drug-likeness (QED) is 0.333. The second-order valence-electron chi connectivity index (χ2n) is 4.09. The maximum absolute atomic E-state index is 10.8. The molecule has 0 heterocycles. The highest BCUT2D eigenvalue weighted by Crippen LogP contribution is 2.45. The van der Waals surface area contributed by atoms with Gasteiger partial charge < -0.3 is 29.4 Å². The van der Waals surface area contributed by atoms with Crippen LogP contribution in [0.4, 0.5) is 0 Å². The lowest BCUT2D eigenvalue weighted by Crippen LogP contribution is -2.13. The SMILES string of the molecule is O=P(O)(O)CCCC(CP(=O)(O)O)CP(=O)(O)O. The van der Waals surface area contributed by atoms with Gasteiger partial charge in [-0.3, -0.25) is 13.7 Å². The van der Waals surface area contributed by atoms with Gasteiger partial charge >= 0.3 is 22.8 Å². The van der Waals surface area contributed by atoms with Gasteiger partial charge in [0, 0.05) is 6.16 Å². The molecule has 0 aliphatic heterocycles. The molecule has 0 saturated carbocycles. The molecule has 0 bridgehead atoms. The van der Waals surface area contributed by atoms with Crippen molar-refractivity contribution >= 4 is 22.8 Å². The Balaban J connectivity index is 4.44. The van der Waals surface area contributed by atoms with E-state index in [-0.39, 0.29) is 12.8 Å². The Morgan fingerprint density at radius 2 is 1.11 bits per heavy atom. The zero-order valence-electron chi connectivity index (χ0n) is 9.36. The molecule has 0 atom stereocenters. The van der Waals surface area contributed by atoms with E-state index in [4.69, 9.17) is 29.4 Å². The van der Waals surface area contributed by atoms with Crippen LogP contribution in [0.25, 0.3) is 0 Å². The zero-order valence-corrected chi connectivity index (χ0v) is 12.0. The molecule has 0 fully saturated rings. The van der Waals surface area contributed by atoms with Gasteiger partial charge in [-0.1, -0.05) is 0 Å². The summed E-state index contributed by atoms with van der Waals surface area (Å²) in [5, 5.41) is 0. The summed E-state index contributed by atoms with van der Waals surface area (Å²) in [5.74, 6) is -0.974. The van der Waals surface area contributed by atoms with E-state index in [9.17, 15) is 13.7 Å². The fourth-order valence-electron chi connectivity index (χ4n) is 1.50. The minimum absolute atomic E-state index is 0.0606. The maximum Gasteiger partial charge on any atom is 0.325 e. The summed E-state index contributed by atoms with van der Waals surface area (Å²) in [6.45, 7) is 0. The van der Waals surface area contributed by atoms with Crippen LogP contribution in [0.1, 0.15) is 12.8 Å². The molecule has 12 heteroatoms. The molecule has 18 heavy (non-hydrogen) atoms. The van der Waals surface area contributed by atoms with Crippen LogP contribution in [0.2, 0.25) is 0 Å². The van der Waals surface area contributed by atoms with Gasteiger partial charge in [0.25, 0.3) is 0 Å². The minimum atomic E-state index is -4.43. The van der Waals surface area contributed by atoms with Crippen molar-refractivity contribution in [1.82, 2.24) is 0 Å². The molecule has 0 aromatic heterocycles. The van der Waals surface area contributed by atoms with Gasteiger partial charge in [0.15, 0.2) is 0 Å². The molecule has 110 valence electrons. The molecule has 9 nitrogen and oxygen atoms in total. The van der Waals surface area contributed by atoms with Crippen molar-refractivity contribution in [3.05, 3.63) is 0 Å². The van der Waals surface area contributed by atoms with Crippen LogP contribution < -0.4 is 0 Å². The van der Waals surface area contributed by atoms with Crippen LogP contribution in [0.5, 0.6) is 0 Å². The molecular weight excluding hydrogens is 309 g/mol. The van der Waals surface area contributed by atoms with Gasteiger partial charge in [0.2, 0.25) is 0 Å². The van der Waals surface area contributed by atoms with Gasteiger partial charge in [0.05, 0.1) is 12.3 Å². The fraction of sp³-hybridized carbons (Fsp3) is 1.00. The van der Waals surface area contributed by atoms with E-state index < -0.39 is 47.2 Å². The van der Waals surface area contributed by atoms with Crippen LogP contribution in [0, 0.1) is 5.92 Å². The molecule has 0 radical (unpaired) electrons. The van der Waals surface area contributed by atoms with E-state index in [0.717, 1.165) is 0 Å². The van der Waals surface area contributed by atoms with Crippen molar-refractivity contribution in [1.29, 1.82) is 0 Å². The third-order valence-electron chi connectivity index (χ3n) is 2.05. The molecule has 0 spiro atoms. The van der Waals surface area contributed by atoms with E-state index >= 15 is 0 Å². The number of hydrogen-bond donors (Lipinski definition) is 6.